The van der Waals surface area contributed by atoms with Crippen LogP contribution in [0.15, 0.2) is 78.9 Å². The first-order valence-electron chi connectivity index (χ1n) is 15.1. The zero-order chi connectivity index (χ0) is 25.7. The molecule has 2 nitrogen and oxygen atoms in total. The highest BCUT2D eigenvalue weighted by atomic mass is 15.2. The fourth-order valence-electron chi connectivity index (χ4n) is 8.73. The minimum Gasteiger partial charge on any atom is -0.192 e. The topological polar surface area (TPSA) is 8.81 Å². The van der Waals surface area contributed by atoms with Crippen LogP contribution in [0.3, 0.4) is 0 Å². The molecule has 2 heteroatoms. The Hall–Kier alpha value is -3.13. The molecule has 3 aliphatic rings. The molecule has 2 heterocycles. The van der Waals surface area contributed by atoms with E-state index in [1.807, 2.05) is 0 Å². The van der Waals surface area contributed by atoms with Gasteiger partial charge in [0, 0.05) is 12.5 Å². The largest absolute Gasteiger partial charge is 0.299 e. The van der Waals surface area contributed by atoms with Gasteiger partial charge in [0.05, 0.1) is 11.0 Å². The monoisotopic (exact) mass is 501 g/mol. The van der Waals surface area contributed by atoms with E-state index in [4.69, 9.17) is 0 Å². The van der Waals surface area contributed by atoms with E-state index in [0.717, 1.165) is 0 Å². The summed E-state index contributed by atoms with van der Waals surface area (Å²) in [7, 11) is 0. The molecular formula is C36H41N2+. The van der Waals surface area contributed by atoms with E-state index in [-0.39, 0.29) is 5.41 Å². The summed E-state index contributed by atoms with van der Waals surface area (Å²) in [5.41, 5.74) is 10.1. The fraction of sp³-hybridized carbons (Fsp3) is 0.417. The second-order valence-electron chi connectivity index (χ2n) is 12.1. The lowest BCUT2D eigenvalue weighted by atomic mass is 9.55. The molecule has 0 N–H and O–H groups in total. The van der Waals surface area contributed by atoms with Gasteiger partial charge in [0.15, 0.2) is 11.4 Å². The van der Waals surface area contributed by atoms with Gasteiger partial charge in [-0.1, -0.05) is 93.1 Å². The molecule has 194 valence electrons. The first-order chi connectivity index (χ1) is 18.7. The molecule has 3 aromatic carbocycles. The van der Waals surface area contributed by atoms with Gasteiger partial charge in [-0.05, 0) is 74.3 Å². The van der Waals surface area contributed by atoms with E-state index in [1.54, 1.807) is 11.3 Å². The van der Waals surface area contributed by atoms with E-state index in [0.29, 0.717) is 11.8 Å². The second-order valence-corrected chi connectivity index (χ2v) is 12.1. The third-order valence-electron chi connectivity index (χ3n) is 10.2. The Morgan fingerprint density at radius 1 is 0.658 bits per heavy atom. The maximum atomic E-state index is 2.72. The van der Waals surface area contributed by atoms with E-state index >= 15 is 0 Å². The van der Waals surface area contributed by atoms with Crippen LogP contribution < -0.4 is 4.57 Å². The third kappa shape index (κ3) is 3.42. The number of rotatable bonds is 4. The van der Waals surface area contributed by atoms with Gasteiger partial charge < -0.3 is 0 Å². The van der Waals surface area contributed by atoms with E-state index < -0.39 is 0 Å². The van der Waals surface area contributed by atoms with Crippen LogP contribution in [-0.4, -0.2) is 4.57 Å². The highest BCUT2D eigenvalue weighted by molar-refractivity contribution is 5.64. The highest BCUT2D eigenvalue weighted by Crippen LogP contribution is 2.58. The van der Waals surface area contributed by atoms with Crippen molar-refractivity contribution in [3.05, 3.63) is 101 Å². The van der Waals surface area contributed by atoms with Crippen LogP contribution in [0, 0.1) is 25.7 Å². The van der Waals surface area contributed by atoms with Crippen molar-refractivity contribution in [3.63, 3.8) is 0 Å². The van der Waals surface area contributed by atoms with Crippen molar-refractivity contribution in [2.45, 2.75) is 83.5 Å². The molecule has 2 saturated carbocycles. The number of imidazole rings is 1. The zero-order valence-corrected chi connectivity index (χ0v) is 23.1. The summed E-state index contributed by atoms with van der Waals surface area (Å²) in [4.78, 5) is 0. The number of fused-ring (bicyclic) bond motifs is 3. The molecule has 2 fully saturated rings. The van der Waals surface area contributed by atoms with Crippen molar-refractivity contribution in [1.82, 2.24) is 4.57 Å². The van der Waals surface area contributed by atoms with Gasteiger partial charge in [0.1, 0.15) is 11.4 Å². The number of hydrogen-bond acceptors (Lipinski definition) is 0. The van der Waals surface area contributed by atoms with Gasteiger partial charge in [0.2, 0.25) is 0 Å². The smallest absolute Gasteiger partial charge is 0.192 e. The molecule has 0 unspecified atom stereocenters. The Bertz CT molecular complexity index is 1430. The molecule has 0 atom stereocenters. The van der Waals surface area contributed by atoms with Gasteiger partial charge in [-0.2, -0.15) is 9.13 Å². The average molecular weight is 502 g/mol. The summed E-state index contributed by atoms with van der Waals surface area (Å²) in [5, 5.41) is 0. The molecular weight excluding hydrogens is 460 g/mol. The van der Waals surface area contributed by atoms with Crippen molar-refractivity contribution >= 4 is 0 Å². The zero-order valence-electron chi connectivity index (χ0n) is 23.1. The normalized spacial score (nSPS) is 19.3. The average Bonchev–Trinajstić information content (AvgIpc) is 3.45. The number of aromatic nitrogens is 2. The number of nitrogens with zero attached hydrogens (tertiary/aromatic N) is 2. The quantitative estimate of drug-likeness (QED) is 0.247. The SMILES string of the molecule is Cc1ccccc1-n1c(C)c2[n+](c1-c1ccccc1)-c1ccccc1C2(C1CCCCC1)C1CCCCC1. The summed E-state index contributed by atoms with van der Waals surface area (Å²) in [6.07, 6.45) is 13.8. The van der Waals surface area contributed by atoms with Crippen molar-refractivity contribution in [2.24, 2.45) is 11.8 Å². The number of aryl methyl sites for hydroxylation is 1. The van der Waals surface area contributed by atoms with Crippen LogP contribution in [0.4, 0.5) is 0 Å². The van der Waals surface area contributed by atoms with Gasteiger partial charge in [-0.25, -0.2) is 0 Å². The van der Waals surface area contributed by atoms with Crippen LogP contribution in [-0.2, 0) is 5.41 Å². The lowest BCUT2D eigenvalue weighted by Gasteiger charge is -2.46. The summed E-state index contributed by atoms with van der Waals surface area (Å²) < 4.78 is 5.33. The molecule has 4 aromatic rings. The van der Waals surface area contributed by atoms with Crippen LogP contribution in [0.2, 0.25) is 0 Å². The number of para-hydroxylation sites is 2. The second kappa shape index (κ2) is 9.56. The Morgan fingerprint density at radius 2 is 1.24 bits per heavy atom. The van der Waals surface area contributed by atoms with Crippen molar-refractivity contribution in [1.29, 1.82) is 0 Å². The molecule has 0 saturated heterocycles. The molecule has 1 aromatic heterocycles. The molecule has 0 radical (unpaired) electrons. The van der Waals surface area contributed by atoms with E-state index in [1.165, 1.54) is 98.2 Å². The number of hydrogen-bond donors (Lipinski definition) is 0. The molecule has 0 spiro atoms. The third-order valence-corrected chi connectivity index (χ3v) is 10.2. The standard InChI is InChI=1S/C36H41N2/c1-26-16-12-14-24-32(26)37-27(2)34-36(29-19-8-4-9-20-29,30-21-10-5-11-22-30)31-23-13-15-25-33(31)38(34)35(37)28-17-6-3-7-18-28/h3,6-7,12-18,23-25,29-30H,4-5,8-11,19-22H2,1-2H3/q+1. The van der Waals surface area contributed by atoms with Crippen LogP contribution in [0.1, 0.15) is 86.7 Å². The van der Waals surface area contributed by atoms with Gasteiger partial charge in [-0.15, -0.1) is 0 Å². The van der Waals surface area contributed by atoms with Crippen LogP contribution >= 0.6 is 0 Å². The Balaban J connectivity index is 1.62. The molecule has 38 heavy (non-hydrogen) atoms. The number of benzene rings is 3. The minimum atomic E-state index is 0.0962. The molecule has 7 rings (SSSR count). The molecule has 1 aliphatic heterocycles. The Kier molecular flexibility index (Phi) is 6.02. The molecule has 2 aliphatic carbocycles. The maximum absolute atomic E-state index is 2.72. The van der Waals surface area contributed by atoms with Crippen molar-refractivity contribution in [3.8, 4) is 22.8 Å². The minimum absolute atomic E-state index is 0.0962. The van der Waals surface area contributed by atoms with E-state index in [9.17, 15) is 0 Å². The lowest BCUT2D eigenvalue weighted by molar-refractivity contribution is -0.588. The van der Waals surface area contributed by atoms with Gasteiger partial charge in [0.25, 0.3) is 5.82 Å². The predicted octanol–water partition coefficient (Wildman–Crippen LogP) is 8.80. The first kappa shape index (κ1) is 23.9. The van der Waals surface area contributed by atoms with Gasteiger partial charge >= 0.3 is 0 Å². The predicted molar refractivity (Wildman–Crippen MR) is 156 cm³/mol. The fourth-order valence-corrected chi connectivity index (χ4v) is 8.73. The Labute approximate surface area is 228 Å². The first-order valence-corrected chi connectivity index (χ1v) is 15.1. The van der Waals surface area contributed by atoms with Gasteiger partial charge in [-0.3, -0.25) is 0 Å². The molecule has 0 bridgehead atoms. The van der Waals surface area contributed by atoms with Crippen LogP contribution in [0.25, 0.3) is 22.8 Å². The van der Waals surface area contributed by atoms with Crippen molar-refractivity contribution < 1.29 is 4.57 Å². The molecule has 0 amide bonds. The Morgan fingerprint density at radius 3 is 1.89 bits per heavy atom. The maximum Gasteiger partial charge on any atom is 0.299 e. The van der Waals surface area contributed by atoms with Crippen molar-refractivity contribution in [2.75, 3.05) is 0 Å². The summed E-state index contributed by atoms with van der Waals surface area (Å²) in [5.74, 6) is 2.74. The summed E-state index contributed by atoms with van der Waals surface area (Å²) >= 11 is 0. The highest BCUT2D eigenvalue weighted by Gasteiger charge is 2.60. The lowest BCUT2D eigenvalue weighted by Crippen LogP contribution is -2.47. The van der Waals surface area contributed by atoms with E-state index in [2.05, 4.69) is 102 Å². The summed E-state index contributed by atoms with van der Waals surface area (Å²) in [6.45, 7) is 4.69. The van der Waals surface area contributed by atoms with Crippen LogP contribution in [0.5, 0.6) is 0 Å². The summed E-state index contributed by atoms with van der Waals surface area (Å²) in [6, 6.07) is 29.6.